The van der Waals surface area contributed by atoms with Crippen molar-refractivity contribution >= 4 is 12.0 Å². The summed E-state index contributed by atoms with van der Waals surface area (Å²) >= 11 is 0. The van der Waals surface area contributed by atoms with E-state index in [1.165, 1.54) is 6.92 Å². The molecule has 0 radical (unpaired) electrons. The van der Waals surface area contributed by atoms with Crippen LogP contribution in [0.5, 0.6) is 0 Å². The lowest BCUT2D eigenvalue weighted by Gasteiger charge is -2.10. The first-order valence-corrected chi connectivity index (χ1v) is 5.21. The number of aromatic nitrogens is 3. The van der Waals surface area contributed by atoms with Crippen LogP contribution in [0, 0.1) is 0 Å². The van der Waals surface area contributed by atoms with Crippen LogP contribution >= 0.6 is 0 Å². The first kappa shape index (κ1) is 12.9. The number of nitrogens with one attached hydrogen (secondary N) is 2. The number of rotatable bonds is 6. The van der Waals surface area contributed by atoms with Gasteiger partial charge in [0.05, 0.1) is 6.20 Å². The summed E-state index contributed by atoms with van der Waals surface area (Å²) in [7, 11) is 0. The molecule has 8 nitrogen and oxygen atoms in total. The average molecular weight is 241 g/mol. The smallest absolute Gasteiger partial charge is 0.325 e. The summed E-state index contributed by atoms with van der Waals surface area (Å²) < 4.78 is 1.65. The molecule has 1 unspecified atom stereocenters. The highest BCUT2D eigenvalue weighted by Gasteiger charge is 2.12. The van der Waals surface area contributed by atoms with Gasteiger partial charge in [0, 0.05) is 19.3 Å². The van der Waals surface area contributed by atoms with Crippen LogP contribution in [0.25, 0.3) is 0 Å². The van der Waals surface area contributed by atoms with Crippen LogP contribution < -0.4 is 10.6 Å². The number of aryl methyl sites for hydroxylation is 1. The zero-order valence-corrected chi connectivity index (χ0v) is 9.46. The Morgan fingerprint density at radius 1 is 1.53 bits per heavy atom. The number of aliphatic carboxylic acids is 1. The minimum Gasteiger partial charge on any atom is -0.480 e. The van der Waals surface area contributed by atoms with Crippen molar-refractivity contribution in [3.8, 4) is 0 Å². The molecule has 0 spiro atoms. The number of carboxylic acids is 1. The SMILES string of the molecule is CC(NC(=O)NCCCn1ccnn1)C(=O)O. The second-order valence-corrected chi connectivity index (χ2v) is 3.48. The molecule has 0 aliphatic carbocycles. The molecule has 1 aromatic heterocycles. The summed E-state index contributed by atoms with van der Waals surface area (Å²) in [5.74, 6) is -1.07. The molecule has 1 aromatic rings. The van der Waals surface area contributed by atoms with E-state index in [4.69, 9.17) is 5.11 Å². The van der Waals surface area contributed by atoms with Crippen LogP contribution in [-0.2, 0) is 11.3 Å². The van der Waals surface area contributed by atoms with E-state index in [0.717, 1.165) is 0 Å². The van der Waals surface area contributed by atoms with Crippen molar-refractivity contribution in [1.82, 2.24) is 25.6 Å². The van der Waals surface area contributed by atoms with E-state index in [2.05, 4.69) is 20.9 Å². The molecule has 0 saturated carbocycles. The predicted octanol–water partition coefficient (Wildman–Crippen LogP) is -0.559. The molecule has 1 heterocycles. The molecule has 0 saturated heterocycles. The van der Waals surface area contributed by atoms with Gasteiger partial charge in [0.25, 0.3) is 0 Å². The van der Waals surface area contributed by atoms with Gasteiger partial charge in [-0.15, -0.1) is 5.10 Å². The molecule has 1 rings (SSSR count). The van der Waals surface area contributed by atoms with Crippen LogP contribution in [-0.4, -0.2) is 44.7 Å². The minimum atomic E-state index is -1.07. The first-order valence-electron chi connectivity index (χ1n) is 5.21. The van der Waals surface area contributed by atoms with Crippen molar-refractivity contribution in [2.75, 3.05) is 6.54 Å². The largest absolute Gasteiger partial charge is 0.480 e. The van der Waals surface area contributed by atoms with Gasteiger partial charge in [0.2, 0.25) is 0 Å². The maximum atomic E-state index is 11.2. The molecule has 0 bridgehead atoms. The first-order chi connectivity index (χ1) is 8.09. The molecule has 0 fully saturated rings. The Morgan fingerprint density at radius 3 is 2.88 bits per heavy atom. The second-order valence-electron chi connectivity index (χ2n) is 3.48. The summed E-state index contributed by atoms with van der Waals surface area (Å²) in [6.07, 6.45) is 4.00. The zero-order chi connectivity index (χ0) is 12.7. The van der Waals surface area contributed by atoms with Crippen LogP contribution in [0.4, 0.5) is 4.79 Å². The number of carboxylic acid groups (broad SMARTS) is 1. The van der Waals surface area contributed by atoms with E-state index in [-0.39, 0.29) is 0 Å². The molecule has 8 heteroatoms. The maximum Gasteiger partial charge on any atom is 0.325 e. The molecule has 17 heavy (non-hydrogen) atoms. The van der Waals surface area contributed by atoms with E-state index >= 15 is 0 Å². The standard InChI is InChI=1S/C9H15N5O3/c1-7(8(15)16)12-9(17)10-3-2-5-14-6-4-11-13-14/h4,6-7H,2-3,5H2,1H3,(H,15,16)(H2,10,12,17). The quantitative estimate of drug-likeness (QED) is 0.578. The van der Waals surface area contributed by atoms with Crippen LogP contribution in [0.2, 0.25) is 0 Å². The number of hydrogen-bond donors (Lipinski definition) is 3. The fourth-order valence-corrected chi connectivity index (χ4v) is 1.10. The van der Waals surface area contributed by atoms with Gasteiger partial charge in [-0.25, -0.2) is 4.79 Å². The molecule has 0 aromatic carbocycles. The van der Waals surface area contributed by atoms with Gasteiger partial charge < -0.3 is 15.7 Å². The number of amides is 2. The lowest BCUT2D eigenvalue weighted by molar-refractivity contribution is -0.138. The lowest BCUT2D eigenvalue weighted by atomic mass is 10.3. The highest BCUT2D eigenvalue weighted by Crippen LogP contribution is 1.86. The van der Waals surface area contributed by atoms with Gasteiger partial charge in [-0.2, -0.15) is 0 Å². The molecule has 94 valence electrons. The summed E-state index contributed by atoms with van der Waals surface area (Å²) in [6, 6.07) is -1.39. The fourth-order valence-electron chi connectivity index (χ4n) is 1.10. The highest BCUT2D eigenvalue weighted by molar-refractivity contribution is 5.82. The van der Waals surface area contributed by atoms with Gasteiger partial charge in [-0.05, 0) is 13.3 Å². The monoisotopic (exact) mass is 241 g/mol. The van der Waals surface area contributed by atoms with Gasteiger partial charge in [-0.1, -0.05) is 5.21 Å². The normalized spacial score (nSPS) is 11.8. The van der Waals surface area contributed by atoms with E-state index in [1.807, 2.05) is 0 Å². The number of nitrogens with zero attached hydrogens (tertiary/aromatic N) is 3. The Bertz CT molecular complexity index is 365. The van der Waals surface area contributed by atoms with E-state index in [9.17, 15) is 9.59 Å². The van der Waals surface area contributed by atoms with Crippen molar-refractivity contribution in [3.63, 3.8) is 0 Å². The van der Waals surface area contributed by atoms with Gasteiger partial charge >= 0.3 is 12.0 Å². The lowest BCUT2D eigenvalue weighted by Crippen LogP contribution is -2.44. The predicted molar refractivity (Wildman–Crippen MR) is 58.3 cm³/mol. The van der Waals surface area contributed by atoms with Gasteiger partial charge in [-0.3, -0.25) is 9.48 Å². The molecular formula is C9H15N5O3. The highest BCUT2D eigenvalue weighted by atomic mass is 16.4. The van der Waals surface area contributed by atoms with Crippen molar-refractivity contribution in [2.24, 2.45) is 0 Å². The van der Waals surface area contributed by atoms with Crippen molar-refractivity contribution in [2.45, 2.75) is 25.9 Å². The molecular weight excluding hydrogens is 226 g/mol. The summed E-state index contributed by atoms with van der Waals surface area (Å²) in [5, 5.41) is 20.8. The zero-order valence-electron chi connectivity index (χ0n) is 9.46. The Hall–Kier alpha value is -2.12. The Kier molecular flexibility index (Phi) is 4.92. The van der Waals surface area contributed by atoms with E-state index in [1.54, 1.807) is 17.1 Å². The van der Waals surface area contributed by atoms with Crippen LogP contribution in [0.1, 0.15) is 13.3 Å². The van der Waals surface area contributed by atoms with E-state index in [0.29, 0.717) is 19.5 Å². The Labute approximate surface area is 98.0 Å². The average Bonchev–Trinajstić information content (AvgIpc) is 2.77. The molecule has 1 atom stereocenters. The van der Waals surface area contributed by atoms with Crippen molar-refractivity contribution in [3.05, 3.63) is 12.4 Å². The number of urea groups is 1. The minimum absolute atomic E-state index is 0.442. The molecule has 0 aliphatic heterocycles. The fraction of sp³-hybridized carbons (Fsp3) is 0.556. The number of carbonyl (C=O) groups excluding carboxylic acids is 1. The van der Waals surface area contributed by atoms with Gasteiger partial charge in [0.15, 0.2) is 0 Å². The molecule has 0 aliphatic rings. The number of hydrogen-bond acceptors (Lipinski definition) is 4. The third-order valence-corrected chi connectivity index (χ3v) is 2.04. The van der Waals surface area contributed by atoms with Gasteiger partial charge in [0.1, 0.15) is 6.04 Å². The second kappa shape index (κ2) is 6.46. The molecule has 3 N–H and O–H groups in total. The maximum absolute atomic E-state index is 11.2. The Balaban J connectivity index is 2.10. The third kappa shape index (κ3) is 4.96. The van der Waals surface area contributed by atoms with Crippen LogP contribution in [0.3, 0.4) is 0 Å². The number of carbonyl (C=O) groups is 2. The van der Waals surface area contributed by atoms with Crippen LogP contribution in [0.15, 0.2) is 12.4 Å². The Morgan fingerprint density at radius 2 is 2.29 bits per heavy atom. The summed E-state index contributed by atoms with van der Waals surface area (Å²) in [6.45, 7) is 2.49. The van der Waals surface area contributed by atoms with E-state index < -0.39 is 18.0 Å². The molecule has 2 amide bonds. The van der Waals surface area contributed by atoms with Crippen molar-refractivity contribution < 1.29 is 14.7 Å². The van der Waals surface area contributed by atoms with Crippen molar-refractivity contribution in [1.29, 1.82) is 0 Å². The topological polar surface area (TPSA) is 109 Å². The summed E-state index contributed by atoms with van der Waals surface area (Å²) in [5.41, 5.74) is 0. The summed E-state index contributed by atoms with van der Waals surface area (Å²) in [4.78, 5) is 21.7. The third-order valence-electron chi connectivity index (χ3n) is 2.04.